The molecule has 37 atom stereocenters. The lowest BCUT2D eigenvalue weighted by molar-refractivity contribution is -0.399. The summed E-state index contributed by atoms with van der Waals surface area (Å²) in [6.07, 6.45) is -23.1. The molecule has 128 heavy (non-hydrogen) atoms. The van der Waals surface area contributed by atoms with Gasteiger partial charge >= 0.3 is 0 Å². The molecule has 0 aliphatic carbocycles. The van der Waals surface area contributed by atoms with Gasteiger partial charge in [0.2, 0.25) is 17.7 Å². The largest absolute Gasteiger partial charge is 0.394 e. The van der Waals surface area contributed by atoms with E-state index in [1.807, 2.05) is 6.08 Å². The van der Waals surface area contributed by atoms with Crippen LogP contribution in [0.1, 0.15) is 240 Å². The molecule has 23 N–H and O–H groups in total. The number of hydrogen-bond acceptors (Lipinski definition) is 37. The van der Waals surface area contributed by atoms with Crippen LogP contribution >= 0.6 is 0 Å². The summed E-state index contributed by atoms with van der Waals surface area (Å²) in [5.41, 5.74) is 0. The zero-order valence-corrected chi connectivity index (χ0v) is 75.1. The third kappa shape index (κ3) is 33.8. The second kappa shape index (κ2) is 59.5. The molecule has 0 saturated carbocycles. The van der Waals surface area contributed by atoms with E-state index in [9.17, 15) is 117 Å². The van der Waals surface area contributed by atoms with Crippen LogP contribution in [-0.2, 0) is 80.7 Å². The Morgan fingerprint density at radius 3 is 1.16 bits per heavy atom. The van der Waals surface area contributed by atoms with Gasteiger partial charge in [0, 0.05) is 20.3 Å². The maximum Gasteiger partial charge on any atom is 0.220 e. The number of aliphatic hydroxyl groups excluding tert-OH is 20. The predicted octanol–water partition coefficient (Wildman–Crippen LogP) is -1.46. The third-order valence-corrected chi connectivity index (χ3v) is 25.0. The van der Waals surface area contributed by atoms with E-state index in [1.54, 1.807) is 6.08 Å². The van der Waals surface area contributed by atoms with Gasteiger partial charge in [-0.15, -0.1) is 0 Å². The highest BCUT2D eigenvalue weighted by Gasteiger charge is 2.60. The van der Waals surface area contributed by atoms with Gasteiger partial charge in [-0.1, -0.05) is 192 Å². The molecular weight excluding hydrogens is 1690 g/mol. The second-order valence-electron chi connectivity index (χ2n) is 35.2. The zero-order chi connectivity index (χ0) is 93.5. The lowest BCUT2D eigenvalue weighted by Gasteiger charge is -2.52. The summed E-state index contributed by atoms with van der Waals surface area (Å²) in [5.74, 6) is -2.15. The highest BCUT2D eigenvalue weighted by Crippen LogP contribution is 2.40. The van der Waals surface area contributed by atoms with Crippen molar-refractivity contribution in [2.45, 2.75) is 467 Å². The normalized spacial score (nSPS) is 37.7. The fourth-order valence-electron chi connectivity index (χ4n) is 17.4. The van der Waals surface area contributed by atoms with E-state index in [2.05, 4.69) is 41.9 Å². The van der Waals surface area contributed by atoms with Gasteiger partial charge < -0.3 is 184 Å². The number of carbonyl (C=O) groups excluding carboxylic acids is 3. The van der Waals surface area contributed by atoms with Crippen molar-refractivity contribution in [1.29, 1.82) is 0 Å². The van der Waals surface area contributed by atoms with E-state index < -0.39 is 285 Å². The number of hydrogen-bond donors (Lipinski definition) is 23. The summed E-state index contributed by atoms with van der Waals surface area (Å²) in [7, 11) is 0. The average molecular weight is 1850 g/mol. The van der Waals surface area contributed by atoms with E-state index in [0.717, 1.165) is 78.1 Å². The Bertz CT molecular complexity index is 3070. The van der Waals surface area contributed by atoms with Crippen molar-refractivity contribution in [2.24, 2.45) is 0 Å². The van der Waals surface area contributed by atoms with Crippen LogP contribution in [0.4, 0.5) is 0 Å². The molecule has 7 aliphatic heterocycles. The number of allylic oxidation sites excluding steroid dienone is 3. The van der Waals surface area contributed by atoms with Gasteiger partial charge in [-0.2, -0.15) is 0 Å². The van der Waals surface area contributed by atoms with E-state index in [0.29, 0.717) is 12.8 Å². The predicted molar refractivity (Wildman–Crippen MR) is 453 cm³/mol. The van der Waals surface area contributed by atoms with Gasteiger partial charge in [-0.3, -0.25) is 14.4 Å². The molecule has 7 saturated heterocycles. The number of nitrogens with one attached hydrogen (secondary N) is 3. The lowest BCUT2D eigenvalue weighted by Crippen LogP contribution is -2.71. The van der Waals surface area contributed by atoms with Gasteiger partial charge in [0.15, 0.2) is 44.0 Å². The molecule has 0 bridgehead atoms. The second-order valence-corrected chi connectivity index (χ2v) is 35.2. The van der Waals surface area contributed by atoms with E-state index in [4.69, 9.17) is 66.3 Å². The van der Waals surface area contributed by atoms with E-state index in [-0.39, 0.29) is 12.3 Å². The number of ether oxygens (including phenoxy) is 14. The van der Waals surface area contributed by atoms with Crippen molar-refractivity contribution in [3.05, 3.63) is 24.3 Å². The molecule has 0 aromatic rings. The minimum absolute atomic E-state index is 0.156. The summed E-state index contributed by atoms with van der Waals surface area (Å²) >= 11 is 0. The van der Waals surface area contributed by atoms with Crippen LogP contribution < -0.4 is 16.0 Å². The van der Waals surface area contributed by atoms with Crippen molar-refractivity contribution < 1.29 is 183 Å². The van der Waals surface area contributed by atoms with Crippen LogP contribution in [0.25, 0.3) is 0 Å². The Balaban J connectivity index is 1.02. The quantitative estimate of drug-likeness (QED) is 0.0244. The molecule has 3 amide bonds. The first-order valence-corrected chi connectivity index (χ1v) is 47.0. The molecular formula is C88H157N3O37. The first-order chi connectivity index (χ1) is 61.5. The molecule has 14 unspecified atom stereocenters. The van der Waals surface area contributed by atoms with Crippen molar-refractivity contribution in [1.82, 2.24) is 16.0 Å². The number of aliphatic hydroxyl groups is 20. The first kappa shape index (κ1) is 112. The highest BCUT2D eigenvalue weighted by atomic mass is 16.8. The number of carbonyl (C=O) groups is 3. The fraction of sp³-hybridized carbons (Fsp3) is 0.920. The summed E-state index contributed by atoms with van der Waals surface area (Å²) in [6, 6.07) is -4.83. The zero-order valence-electron chi connectivity index (χ0n) is 75.1. The molecule has 7 fully saturated rings. The van der Waals surface area contributed by atoms with Crippen LogP contribution in [0.2, 0.25) is 0 Å². The van der Waals surface area contributed by atoms with Gasteiger partial charge in [-0.25, -0.2) is 0 Å². The molecule has 0 aromatic heterocycles. The van der Waals surface area contributed by atoms with Crippen molar-refractivity contribution >= 4 is 17.7 Å². The van der Waals surface area contributed by atoms with Gasteiger partial charge in [0.25, 0.3) is 0 Å². The minimum Gasteiger partial charge on any atom is -0.394 e. The topological polar surface area (TPSA) is 621 Å². The standard InChI is InChI=1S/C88H157N3O37/c1-6-8-10-12-14-16-18-20-21-22-23-24-25-26-27-29-31-33-35-37-39-41-60(101)91-52(53(100)40-38-36-34-32-30-28-19-17-15-13-11-9-7-2)48-115-85-71(110)69(108)75(57(45-95)120-85)124-86-72(111)70(109)76(58(46-96)121-86)125-88-74(113)80(128-83-61(89-50(4)98)67(106)64(103)54(42-92)117-83)77(59(47-97)122-88)126-84-62(90-51(5)99)78(65(104)55(43-93)118-84)127-87-73(112)79(66(105)56(44-94)119-87)123-81-68(107)63(102)49(3)116-82(81)114/h20-21,38,40,49,52-59,61-88,92-97,100,102-114H,6-19,22-37,39,41-48H2,1-5H3,(H,89,98)(H,90,99)(H,91,101)/b21-20-,40-38+/t49?,52-,53+,54?,55?,56?,57?,58?,59?,61?,62?,63+,64-,65-,66-,67+,68?,69+,70+,71?,72?,73?,74?,75+,76-,77-,78+,79-,80+,81-,82+,83-,84-,85+,86-,87-,88-/m0/s1. The maximum atomic E-state index is 13.6. The molecule has 7 heterocycles. The van der Waals surface area contributed by atoms with Crippen LogP contribution in [0.5, 0.6) is 0 Å². The van der Waals surface area contributed by atoms with E-state index in [1.165, 1.54) is 129 Å². The number of unbranched alkanes of at least 4 members (excludes halogenated alkanes) is 28. The highest BCUT2D eigenvalue weighted by molar-refractivity contribution is 5.76. The SMILES string of the molecule is CCCCCCCC/C=C\CCCCCCCCCCCCCC(=O)N[C@@H](CO[C@@H]1OC(CO)[C@@H](O[C@@H]2OC(CO)[C@H](O[C@@H]3OC(CO)[C@H](O[C@@H]4OC(CO)[C@H](O)[C@H](O[C@@H]5OC(CO)[C@H](O)[C@H](O[C@H]6C(O)[C@H](O)C(C)O[C@H]6O)C5O)C4NC(C)=O)[C@H](O[C@@H]4OC(CO)[C@H](O)[C@H](O)C4NC(C)=O)C3O)[C@H](O)C2O)[C@H](O)C1O)[C@H](O)/C=C/CCCCCCCCCCCCC. The minimum atomic E-state index is -2.43. The summed E-state index contributed by atoms with van der Waals surface area (Å²) in [6.45, 7) is 0.820. The summed E-state index contributed by atoms with van der Waals surface area (Å²) in [5, 5.41) is 234. The monoisotopic (exact) mass is 1850 g/mol. The Kier molecular flexibility index (Phi) is 51.9. The van der Waals surface area contributed by atoms with Gasteiger partial charge in [-0.05, 0) is 51.9 Å². The van der Waals surface area contributed by atoms with Crippen LogP contribution in [0.3, 0.4) is 0 Å². The van der Waals surface area contributed by atoms with Gasteiger partial charge in [0.05, 0.1) is 64.5 Å². The Hall–Kier alpha value is -3.47. The first-order valence-electron chi connectivity index (χ1n) is 47.0. The average Bonchev–Trinajstić information content (AvgIpc) is 0.754. The number of amides is 3. The Morgan fingerprint density at radius 2 is 0.680 bits per heavy atom. The van der Waals surface area contributed by atoms with Gasteiger partial charge in [0.1, 0.15) is 165 Å². The molecule has 0 aromatic carbocycles. The fourth-order valence-corrected chi connectivity index (χ4v) is 17.4. The molecule has 746 valence electrons. The summed E-state index contributed by atoms with van der Waals surface area (Å²) < 4.78 is 83.9. The smallest absolute Gasteiger partial charge is 0.220 e. The van der Waals surface area contributed by atoms with Crippen LogP contribution in [0.15, 0.2) is 24.3 Å². The Labute approximate surface area is 751 Å². The third-order valence-electron chi connectivity index (χ3n) is 25.0. The van der Waals surface area contributed by atoms with Crippen LogP contribution in [0, 0.1) is 0 Å². The van der Waals surface area contributed by atoms with Crippen molar-refractivity contribution in [3.8, 4) is 0 Å². The molecule has 7 rings (SSSR count). The number of rotatable bonds is 59. The maximum absolute atomic E-state index is 13.6. The van der Waals surface area contributed by atoms with Crippen LogP contribution in [-0.4, -0.2) is 393 Å². The lowest BCUT2D eigenvalue weighted by atomic mass is 9.93. The Morgan fingerprint density at radius 1 is 0.328 bits per heavy atom. The molecule has 0 spiro atoms. The molecule has 40 nitrogen and oxygen atoms in total. The summed E-state index contributed by atoms with van der Waals surface area (Å²) in [4.78, 5) is 39.7. The van der Waals surface area contributed by atoms with E-state index >= 15 is 0 Å². The van der Waals surface area contributed by atoms with Crippen molar-refractivity contribution in [3.63, 3.8) is 0 Å². The van der Waals surface area contributed by atoms with Crippen molar-refractivity contribution in [2.75, 3.05) is 46.2 Å². The molecule has 40 heteroatoms. The molecule has 7 aliphatic rings. The molecule has 0 radical (unpaired) electrons.